The van der Waals surface area contributed by atoms with Gasteiger partial charge < -0.3 is 10.4 Å². The van der Waals surface area contributed by atoms with Crippen LogP contribution in [0.3, 0.4) is 0 Å². The van der Waals surface area contributed by atoms with Gasteiger partial charge in [-0.05, 0) is 32.0 Å². The predicted octanol–water partition coefficient (Wildman–Crippen LogP) is 2.05. The molecule has 1 heterocycles. The van der Waals surface area contributed by atoms with Crippen LogP contribution in [0, 0.1) is 5.82 Å². The van der Waals surface area contributed by atoms with E-state index in [2.05, 4.69) is 5.32 Å². The van der Waals surface area contributed by atoms with Crippen molar-refractivity contribution in [1.29, 1.82) is 0 Å². The van der Waals surface area contributed by atoms with Crippen molar-refractivity contribution in [1.82, 2.24) is 5.32 Å². The number of piperidine rings is 1. The largest absolute Gasteiger partial charge is 0.385 e. The number of aliphatic hydroxyl groups is 1. The molecule has 0 atom stereocenters. The molecule has 1 aliphatic rings. The molecule has 0 amide bonds. The van der Waals surface area contributed by atoms with Gasteiger partial charge in [-0.15, -0.1) is 0 Å². The molecule has 0 aliphatic carbocycles. The molecule has 2 rings (SSSR count). The predicted molar refractivity (Wildman–Crippen MR) is 57.4 cm³/mol. The molecule has 0 aromatic heterocycles. The molecule has 1 aromatic carbocycles. The summed E-state index contributed by atoms with van der Waals surface area (Å²) in [5, 5.41) is 13.5. The van der Waals surface area contributed by atoms with Crippen LogP contribution >= 0.6 is 11.6 Å². The average Bonchev–Trinajstić information content (AvgIpc) is 2.23. The molecule has 1 fully saturated rings. The minimum atomic E-state index is -0.982. The Labute approximate surface area is 93.1 Å². The Morgan fingerprint density at radius 2 is 2.00 bits per heavy atom. The zero-order valence-electron chi connectivity index (χ0n) is 8.26. The summed E-state index contributed by atoms with van der Waals surface area (Å²) in [6, 6.07) is 4.57. The molecule has 0 radical (unpaired) electrons. The Kier molecular flexibility index (Phi) is 2.96. The van der Waals surface area contributed by atoms with Crippen molar-refractivity contribution in [2.24, 2.45) is 0 Å². The summed E-state index contributed by atoms with van der Waals surface area (Å²) in [6.45, 7) is 1.45. The van der Waals surface area contributed by atoms with Gasteiger partial charge in [-0.25, -0.2) is 4.39 Å². The lowest BCUT2D eigenvalue weighted by atomic mass is 9.85. The molecule has 15 heavy (non-hydrogen) atoms. The number of benzene rings is 1. The van der Waals surface area contributed by atoms with E-state index < -0.39 is 11.4 Å². The Hall–Kier alpha value is -0.640. The maximum atomic E-state index is 13.2. The summed E-state index contributed by atoms with van der Waals surface area (Å²) in [6.07, 6.45) is 1.13. The normalized spacial score (nSPS) is 20.2. The number of rotatable bonds is 1. The minimum absolute atomic E-state index is 0.0434. The average molecular weight is 230 g/mol. The molecular weight excluding hydrogens is 217 g/mol. The minimum Gasteiger partial charge on any atom is -0.385 e. The van der Waals surface area contributed by atoms with Crippen molar-refractivity contribution in [3.63, 3.8) is 0 Å². The summed E-state index contributed by atoms with van der Waals surface area (Å²) in [7, 11) is 0. The van der Waals surface area contributed by atoms with Crippen LogP contribution in [0.1, 0.15) is 18.4 Å². The second-order valence-electron chi connectivity index (χ2n) is 3.88. The second kappa shape index (κ2) is 4.08. The molecule has 0 bridgehead atoms. The highest BCUT2D eigenvalue weighted by molar-refractivity contribution is 6.31. The third kappa shape index (κ3) is 2.00. The number of hydrogen-bond acceptors (Lipinski definition) is 2. The maximum Gasteiger partial charge on any atom is 0.142 e. The van der Waals surface area contributed by atoms with Crippen LogP contribution in [-0.2, 0) is 5.60 Å². The smallest absolute Gasteiger partial charge is 0.142 e. The van der Waals surface area contributed by atoms with E-state index in [9.17, 15) is 9.50 Å². The van der Waals surface area contributed by atoms with E-state index in [1.165, 1.54) is 6.07 Å². The molecule has 0 saturated carbocycles. The van der Waals surface area contributed by atoms with Crippen molar-refractivity contribution < 1.29 is 9.50 Å². The third-order valence-electron chi connectivity index (χ3n) is 2.88. The zero-order valence-corrected chi connectivity index (χ0v) is 9.02. The topological polar surface area (TPSA) is 32.3 Å². The quantitative estimate of drug-likeness (QED) is 0.773. The van der Waals surface area contributed by atoms with Gasteiger partial charge in [0.15, 0.2) is 0 Å². The Morgan fingerprint density at radius 3 is 2.67 bits per heavy atom. The van der Waals surface area contributed by atoms with Crippen LogP contribution < -0.4 is 5.32 Å². The first-order valence-corrected chi connectivity index (χ1v) is 5.39. The number of halogens is 2. The summed E-state index contributed by atoms with van der Waals surface area (Å²) in [4.78, 5) is 0. The molecule has 1 aliphatic heterocycles. The van der Waals surface area contributed by atoms with Gasteiger partial charge in [0, 0.05) is 5.56 Å². The van der Waals surface area contributed by atoms with Gasteiger partial charge >= 0.3 is 0 Å². The van der Waals surface area contributed by atoms with Crippen LogP contribution in [0.4, 0.5) is 4.39 Å². The Balaban J connectivity index is 2.39. The molecule has 1 aromatic rings. The van der Waals surface area contributed by atoms with Crippen LogP contribution in [0.25, 0.3) is 0 Å². The highest BCUT2D eigenvalue weighted by atomic mass is 35.5. The summed E-state index contributed by atoms with van der Waals surface area (Å²) in [5.74, 6) is -0.471. The lowest BCUT2D eigenvalue weighted by Crippen LogP contribution is -2.39. The van der Waals surface area contributed by atoms with E-state index in [1.807, 2.05) is 0 Å². The molecule has 2 nitrogen and oxygen atoms in total. The van der Waals surface area contributed by atoms with Gasteiger partial charge in [0.1, 0.15) is 5.82 Å². The Morgan fingerprint density at radius 1 is 1.33 bits per heavy atom. The summed E-state index contributed by atoms with van der Waals surface area (Å²) < 4.78 is 13.2. The standard InChI is InChI=1S/C11H13ClFNO/c12-10-8(2-1-3-9(10)13)11(15)4-6-14-7-5-11/h1-3,14-15H,4-7H2. The molecule has 82 valence electrons. The maximum absolute atomic E-state index is 13.2. The first-order chi connectivity index (χ1) is 7.13. The van der Waals surface area contributed by atoms with E-state index >= 15 is 0 Å². The van der Waals surface area contributed by atoms with Crippen LogP contribution in [0.2, 0.25) is 5.02 Å². The first kappa shape index (κ1) is 10.9. The fourth-order valence-corrected chi connectivity index (χ4v) is 2.27. The molecule has 4 heteroatoms. The van der Waals surface area contributed by atoms with Gasteiger partial charge in [0.05, 0.1) is 10.6 Å². The van der Waals surface area contributed by atoms with Crippen molar-refractivity contribution in [2.75, 3.05) is 13.1 Å². The number of hydrogen-bond donors (Lipinski definition) is 2. The van der Waals surface area contributed by atoms with Crippen molar-refractivity contribution in [3.05, 3.63) is 34.6 Å². The molecule has 1 saturated heterocycles. The highest BCUT2D eigenvalue weighted by Crippen LogP contribution is 2.35. The highest BCUT2D eigenvalue weighted by Gasteiger charge is 2.33. The van der Waals surface area contributed by atoms with E-state index in [-0.39, 0.29) is 5.02 Å². The first-order valence-electron chi connectivity index (χ1n) is 5.01. The lowest BCUT2D eigenvalue weighted by molar-refractivity contribution is 0.00578. The summed E-state index contributed by atoms with van der Waals surface area (Å²) >= 11 is 5.86. The van der Waals surface area contributed by atoms with E-state index in [4.69, 9.17) is 11.6 Å². The second-order valence-corrected chi connectivity index (χ2v) is 4.26. The third-order valence-corrected chi connectivity index (χ3v) is 3.27. The lowest BCUT2D eigenvalue weighted by Gasteiger charge is -2.33. The summed E-state index contributed by atoms with van der Waals surface area (Å²) in [5.41, 5.74) is -0.476. The van der Waals surface area contributed by atoms with Gasteiger partial charge in [0.2, 0.25) is 0 Å². The van der Waals surface area contributed by atoms with Crippen LogP contribution in [0.15, 0.2) is 18.2 Å². The van der Waals surface area contributed by atoms with Gasteiger partial charge in [-0.1, -0.05) is 23.7 Å². The van der Waals surface area contributed by atoms with Gasteiger partial charge in [-0.2, -0.15) is 0 Å². The van der Waals surface area contributed by atoms with Crippen LogP contribution in [-0.4, -0.2) is 18.2 Å². The van der Waals surface area contributed by atoms with Crippen molar-refractivity contribution >= 4 is 11.6 Å². The van der Waals surface area contributed by atoms with Crippen molar-refractivity contribution in [3.8, 4) is 0 Å². The number of nitrogens with one attached hydrogen (secondary N) is 1. The molecular formula is C11H13ClFNO. The van der Waals surface area contributed by atoms with Gasteiger partial charge in [0.25, 0.3) is 0 Å². The van der Waals surface area contributed by atoms with Crippen LogP contribution in [0.5, 0.6) is 0 Å². The van der Waals surface area contributed by atoms with Gasteiger partial charge in [-0.3, -0.25) is 0 Å². The van der Waals surface area contributed by atoms with Crippen molar-refractivity contribution in [2.45, 2.75) is 18.4 Å². The monoisotopic (exact) mass is 229 g/mol. The SMILES string of the molecule is OC1(c2cccc(F)c2Cl)CCNCC1. The fraction of sp³-hybridized carbons (Fsp3) is 0.455. The fourth-order valence-electron chi connectivity index (χ4n) is 1.97. The molecule has 0 spiro atoms. The Bertz CT molecular complexity index is 364. The van der Waals surface area contributed by atoms with E-state index in [0.29, 0.717) is 18.4 Å². The van der Waals surface area contributed by atoms with E-state index in [1.54, 1.807) is 12.1 Å². The molecule has 2 N–H and O–H groups in total. The zero-order chi connectivity index (χ0) is 10.9. The van der Waals surface area contributed by atoms with E-state index in [0.717, 1.165) is 13.1 Å². The molecule has 0 unspecified atom stereocenters.